The molecule has 0 radical (unpaired) electrons. The Bertz CT molecular complexity index is 1270. The van der Waals surface area contributed by atoms with Gasteiger partial charge >= 0.3 is 0 Å². The van der Waals surface area contributed by atoms with Gasteiger partial charge in [-0.2, -0.15) is 10.4 Å². The van der Waals surface area contributed by atoms with Gasteiger partial charge in [-0.05, 0) is 30.7 Å². The van der Waals surface area contributed by atoms with Gasteiger partial charge in [-0.1, -0.05) is 18.7 Å². The molecule has 4 heterocycles. The number of anilines is 2. The molecule has 1 amide bonds. The summed E-state index contributed by atoms with van der Waals surface area (Å²) in [7, 11) is 0. The van der Waals surface area contributed by atoms with E-state index >= 15 is 0 Å². The van der Waals surface area contributed by atoms with E-state index in [4.69, 9.17) is 5.73 Å². The van der Waals surface area contributed by atoms with Crippen molar-refractivity contribution < 1.29 is 9.90 Å². The van der Waals surface area contributed by atoms with Crippen LogP contribution in [-0.2, 0) is 4.79 Å². The number of primary amides is 1. The van der Waals surface area contributed by atoms with Crippen molar-refractivity contribution in [3.8, 4) is 17.2 Å². The van der Waals surface area contributed by atoms with Crippen LogP contribution < -0.4 is 15.5 Å². The van der Waals surface area contributed by atoms with E-state index in [1.54, 1.807) is 10.7 Å². The minimum Gasteiger partial charge on any atom is -0.386 e. The molecule has 2 saturated heterocycles. The van der Waals surface area contributed by atoms with Crippen molar-refractivity contribution in [2.75, 3.05) is 36.0 Å². The van der Waals surface area contributed by atoms with Crippen LogP contribution in [0.25, 0.3) is 16.6 Å². The van der Waals surface area contributed by atoms with Gasteiger partial charge in [0.1, 0.15) is 6.07 Å². The highest BCUT2D eigenvalue weighted by Gasteiger charge is 2.37. The summed E-state index contributed by atoms with van der Waals surface area (Å²) in [6.45, 7) is 8.15. The van der Waals surface area contributed by atoms with Crippen LogP contribution >= 0.6 is 0 Å². The van der Waals surface area contributed by atoms with Crippen molar-refractivity contribution in [3.63, 3.8) is 0 Å². The molecule has 0 saturated carbocycles. The number of aliphatic hydroxyl groups is 1. The zero-order chi connectivity index (χ0) is 22.6. The van der Waals surface area contributed by atoms with Gasteiger partial charge in [-0.25, -0.2) is 4.52 Å². The minimum absolute atomic E-state index is 0.0993. The number of hydrogen-bond donors (Lipinski definition) is 2. The summed E-state index contributed by atoms with van der Waals surface area (Å²) in [5, 5.41) is 24.1. The Kier molecular flexibility index (Phi) is 4.46. The number of benzene rings is 1. The molecule has 32 heavy (non-hydrogen) atoms. The van der Waals surface area contributed by atoms with Crippen LogP contribution in [0, 0.1) is 17.2 Å². The molecule has 0 spiro atoms. The van der Waals surface area contributed by atoms with E-state index in [1.807, 2.05) is 37.4 Å². The number of nitrogens with zero attached hydrogens (tertiary/aromatic N) is 5. The average molecular weight is 428 g/mol. The zero-order valence-electron chi connectivity index (χ0n) is 17.8. The average Bonchev–Trinajstić information content (AvgIpc) is 3.13. The number of pyridine rings is 1. The Balaban J connectivity index is 1.45. The Hall–Kier alpha value is -3.83. The third-order valence-corrected chi connectivity index (χ3v) is 6.38. The van der Waals surface area contributed by atoms with E-state index in [2.05, 4.69) is 33.6 Å². The lowest BCUT2D eigenvalue weighted by molar-refractivity contribution is -0.115. The summed E-state index contributed by atoms with van der Waals surface area (Å²) in [6, 6.07) is 12.4. The fraction of sp³-hybridized carbons (Fsp3) is 0.292. The Labute approximate surface area is 185 Å². The lowest BCUT2D eigenvalue weighted by Gasteiger charge is -2.45. The normalized spacial score (nSPS) is 17.5. The lowest BCUT2D eigenvalue weighted by atomic mass is 9.91. The van der Waals surface area contributed by atoms with Crippen molar-refractivity contribution in [2.45, 2.75) is 12.5 Å². The summed E-state index contributed by atoms with van der Waals surface area (Å²) < 4.78 is 1.74. The van der Waals surface area contributed by atoms with E-state index < -0.39 is 11.5 Å². The molecule has 2 aliphatic heterocycles. The number of hydrogen-bond acceptors (Lipinski definition) is 6. The Morgan fingerprint density at radius 2 is 1.94 bits per heavy atom. The molecule has 3 N–H and O–H groups in total. The third kappa shape index (κ3) is 3.27. The van der Waals surface area contributed by atoms with Crippen LogP contribution in [0.5, 0.6) is 0 Å². The van der Waals surface area contributed by atoms with E-state index in [9.17, 15) is 15.2 Å². The molecule has 2 fully saturated rings. The third-order valence-electron chi connectivity index (χ3n) is 6.38. The quantitative estimate of drug-likeness (QED) is 0.601. The van der Waals surface area contributed by atoms with E-state index in [1.165, 1.54) is 0 Å². The molecule has 5 rings (SSSR count). The molecule has 0 unspecified atom stereocenters. The van der Waals surface area contributed by atoms with E-state index in [0.29, 0.717) is 24.2 Å². The second kappa shape index (κ2) is 7.11. The molecule has 3 aromatic rings. The Morgan fingerprint density at radius 1 is 1.25 bits per heavy atom. The summed E-state index contributed by atoms with van der Waals surface area (Å²) >= 11 is 0. The number of rotatable bonds is 5. The van der Waals surface area contributed by atoms with E-state index in [-0.39, 0.29) is 5.92 Å². The molecule has 1 aromatic carbocycles. The van der Waals surface area contributed by atoms with Gasteiger partial charge in [-0.15, -0.1) is 0 Å². The molecule has 2 aromatic heterocycles. The molecule has 2 aliphatic rings. The SMILES string of the molecule is C=C(C(N)=O)C1CN(c2ccc(-c3cc(N4CC(C)(O)C4)cn4ncc(C#N)c34)cc2)C1. The van der Waals surface area contributed by atoms with Crippen LogP contribution in [-0.4, -0.2) is 52.4 Å². The van der Waals surface area contributed by atoms with Crippen molar-refractivity contribution in [1.29, 1.82) is 5.26 Å². The summed E-state index contributed by atoms with van der Waals surface area (Å²) in [5.41, 5.74) is 10.3. The number of fused-ring (bicyclic) bond motifs is 1. The van der Waals surface area contributed by atoms with Crippen molar-refractivity contribution in [2.24, 2.45) is 11.7 Å². The van der Waals surface area contributed by atoms with Crippen LogP contribution in [0.2, 0.25) is 0 Å². The van der Waals surface area contributed by atoms with Gasteiger partial charge in [-0.3, -0.25) is 4.79 Å². The molecule has 8 heteroatoms. The molecule has 0 atom stereocenters. The molecule has 0 bridgehead atoms. The van der Waals surface area contributed by atoms with Crippen LogP contribution in [0.15, 0.2) is 54.9 Å². The van der Waals surface area contributed by atoms with Gasteiger partial charge in [0.05, 0.1) is 34.8 Å². The summed E-state index contributed by atoms with van der Waals surface area (Å²) in [4.78, 5) is 15.6. The van der Waals surface area contributed by atoms with Crippen molar-refractivity contribution in [1.82, 2.24) is 9.61 Å². The van der Waals surface area contributed by atoms with Crippen LogP contribution in [0.4, 0.5) is 11.4 Å². The lowest BCUT2D eigenvalue weighted by Crippen LogP contribution is -2.60. The van der Waals surface area contributed by atoms with E-state index in [0.717, 1.165) is 41.1 Å². The highest BCUT2D eigenvalue weighted by molar-refractivity contribution is 5.92. The predicted molar refractivity (Wildman–Crippen MR) is 122 cm³/mol. The first-order valence-corrected chi connectivity index (χ1v) is 10.5. The predicted octanol–water partition coefficient (Wildman–Crippen LogP) is 1.92. The van der Waals surface area contributed by atoms with Gasteiger partial charge in [0, 0.05) is 48.9 Å². The highest BCUT2D eigenvalue weighted by atomic mass is 16.3. The maximum Gasteiger partial charge on any atom is 0.244 e. The number of nitrogens with two attached hydrogens (primary N) is 1. The molecule has 8 nitrogen and oxygen atoms in total. The zero-order valence-corrected chi connectivity index (χ0v) is 17.8. The number of nitriles is 1. The number of aromatic nitrogens is 2. The molecule has 162 valence electrons. The topological polar surface area (TPSA) is 111 Å². The first kappa shape index (κ1) is 20.1. The van der Waals surface area contributed by atoms with Gasteiger partial charge in [0.25, 0.3) is 0 Å². The summed E-state index contributed by atoms with van der Waals surface area (Å²) in [6.07, 6.45) is 3.48. The number of β-amino-alcohol motifs (C(OH)–C–C–N with tert-alkyl or cyclic N) is 1. The fourth-order valence-electron chi connectivity index (χ4n) is 4.50. The second-order valence-electron chi connectivity index (χ2n) is 8.97. The maximum atomic E-state index is 11.3. The summed E-state index contributed by atoms with van der Waals surface area (Å²) in [5.74, 6) is -0.339. The number of carbonyl (C=O) groups excluding carboxylic acids is 1. The minimum atomic E-state index is -0.687. The standard InChI is InChI=1S/C24H24N6O2/c1-15(23(26)31)18-10-28(11-18)19-5-3-16(4-6-19)21-7-20(29-13-24(2,32)14-29)12-30-22(21)17(8-25)9-27-30/h3-7,9,12,18,32H,1,10-11,13-14H2,2H3,(H2,26,31). The number of carbonyl (C=O) groups is 1. The van der Waals surface area contributed by atoms with Crippen LogP contribution in [0.3, 0.4) is 0 Å². The second-order valence-corrected chi connectivity index (χ2v) is 8.97. The smallest absolute Gasteiger partial charge is 0.244 e. The highest BCUT2D eigenvalue weighted by Crippen LogP contribution is 2.36. The molecular formula is C24H24N6O2. The first-order chi connectivity index (χ1) is 15.3. The van der Waals surface area contributed by atoms with Crippen molar-refractivity contribution in [3.05, 3.63) is 60.4 Å². The van der Waals surface area contributed by atoms with Crippen molar-refractivity contribution >= 4 is 22.8 Å². The van der Waals surface area contributed by atoms with Gasteiger partial charge in [0.15, 0.2) is 0 Å². The molecular weight excluding hydrogens is 404 g/mol. The van der Waals surface area contributed by atoms with Crippen LogP contribution in [0.1, 0.15) is 12.5 Å². The monoisotopic (exact) mass is 428 g/mol. The fourth-order valence-corrected chi connectivity index (χ4v) is 4.50. The Morgan fingerprint density at radius 3 is 2.53 bits per heavy atom. The molecule has 0 aliphatic carbocycles. The number of amides is 1. The first-order valence-electron chi connectivity index (χ1n) is 10.5. The van der Waals surface area contributed by atoms with Gasteiger partial charge in [0.2, 0.25) is 5.91 Å². The van der Waals surface area contributed by atoms with Gasteiger partial charge < -0.3 is 20.6 Å². The largest absolute Gasteiger partial charge is 0.386 e. The maximum absolute atomic E-state index is 11.3.